The summed E-state index contributed by atoms with van der Waals surface area (Å²) < 4.78 is 10.4. The van der Waals surface area contributed by atoms with Crippen molar-refractivity contribution in [1.29, 1.82) is 0 Å². The Morgan fingerprint density at radius 2 is 2.06 bits per heavy atom. The maximum absolute atomic E-state index is 9.74. The highest BCUT2D eigenvalue weighted by Crippen LogP contribution is 2.27. The molecule has 0 spiro atoms. The minimum atomic E-state index is -1.62. The van der Waals surface area contributed by atoms with Gasteiger partial charge in [0.2, 0.25) is 5.79 Å². The number of ether oxygens (including phenoxy) is 2. The molecule has 1 aliphatic rings. The van der Waals surface area contributed by atoms with E-state index in [1.165, 1.54) is 0 Å². The van der Waals surface area contributed by atoms with Crippen molar-refractivity contribution in [2.24, 2.45) is 0 Å². The Bertz CT molecular complexity index is 211. The van der Waals surface area contributed by atoms with E-state index >= 15 is 0 Å². The molecule has 0 radical (unpaired) electrons. The third-order valence-electron chi connectivity index (χ3n) is 2.73. The van der Waals surface area contributed by atoms with E-state index in [4.69, 9.17) is 9.47 Å². The minimum Gasteiger partial charge on any atom is -0.391 e. The zero-order chi connectivity index (χ0) is 12.2. The lowest BCUT2D eigenvalue weighted by atomic mass is 9.97. The van der Waals surface area contributed by atoms with E-state index in [-0.39, 0.29) is 6.61 Å². The zero-order valence-corrected chi connectivity index (χ0v) is 9.37. The molecular formula is C10H20O6. The second-order valence-corrected chi connectivity index (χ2v) is 3.99. The highest BCUT2D eigenvalue weighted by Gasteiger charge is 2.50. The average Bonchev–Trinajstić information content (AvgIpc) is 2.30. The van der Waals surface area contributed by atoms with Crippen molar-refractivity contribution in [3.63, 3.8) is 0 Å². The molecule has 0 bridgehead atoms. The Labute approximate surface area is 94.4 Å². The molecule has 1 aliphatic heterocycles. The van der Waals surface area contributed by atoms with Crippen LogP contribution in [-0.4, -0.2) is 64.3 Å². The van der Waals surface area contributed by atoms with Gasteiger partial charge in [0.05, 0.1) is 13.2 Å². The molecule has 1 fully saturated rings. The fourth-order valence-electron chi connectivity index (χ4n) is 1.58. The summed E-state index contributed by atoms with van der Waals surface area (Å²) in [7, 11) is 0. The van der Waals surface area contributed by atoms with Crippen LogP contribution in [0.15, 0.2) is 0 Å². The molecule has 0 aromatic rings. The lowest BCUT2D eigenvalue weighted by molar-refractivity contribution is -0.348. The number of aliphatic hydroxyl groups excluding tert-OH is 4. The van der Waals surface area contributed by atoms with Crippen LogP contribution in [-0.2, 0) is 9.47 Å². The highest BCUT2D eigenvalue weighted by molar-refractivity contribution is 4.92. The van der Waals surface area contributed by atoms with Crippen molar-refractivity contribution in [2.45, 2.75) is 43.9 Å². The smallest absolute Gasteiger partial charge is 0.221 e. The largest absolute Gasteiger partial charge is 0.391 e. The van der Waals surface area contributed by atoms with Crippen LogP contribution < -0.4 is 0 Å². The number of aliphatic hydroxyl groups is 4. The van der Waals surface area contributed by atoms with Crippen molar-refractivity contribution in [1.82, 2.24) is 0 Å². The van der Waals surface area contributed by atoms with Gasteiger partial charge >= 0.3 is 0 Å². The van der Waals surface area contributed by atoms with Gasteiger partial charge in [-0.3, -0.25) is 0 Å². The van der Waals surface area contributed by atoms with E-state index in [1.807, 2.05) is 6.92 Å². The molecule has 0 aliphatic carbocycles. The first-order valence-electron chi connectivity index (χ1n) is 5.50. The van der Waals surface area contributed by atoms with Gasteiger partial charge in [0.1, 0.15) is 24.9 Å². The number of rotatable bonds is 5. The average molecular weight is 236 g/mol. The molecule has 4 N–H and O–H groups in total. The molecule has 6 heteroatoms. The van der Waals surface area contributed by atoms with Crippen LogP contribution in [0.1, 0.15) is 19.8 Å². The van der Waals surface area contributed by atoms with Gasteiger partial charge < -0.3 is 29.9 Å². The zero-order valence-electron chi connectivity index (χ0n) is 9.37. The fraction of sp³-hybridized carbons (Fsp3) is 1.00. The summed E-state index contributed by atoms with van der Waals surface area (Å²) in [6, 6.07) is 0. The summed E-state index contributed by atoms with van der Waals surface area (Å²) in [6.45, 7) is 1.55. The van der Waals surface area contributed by atoms with Crippen molar-refractivity contribution >= 4 is 0 Å². The lowest BCUT2D eigenvalue weighted by Gasteiger charge is -2.43. The minimum absolute atomic E-state index is 0.176. The van der Waals surface area contributed by atoms with Gasteiger partial charge in [-0.1, -0.05) is 13.3 Å². The van der Waals surface area contributed by atoms with Gasteiger partial charge in [-0.25, -0.2) is 0 Å². The van der Waals surface area contributed by atoms with Crippen molar-refractivity contribution < 1.29 is 29.9 Å². The van der Waals surface area contributed by atoms with E-state index in [2.05, 4.69) is 0 Å². The monoisotopic (exact) mass is 236 g/mol. The Morgan fingerprint density at radius 1 is 1.38 bits per heavy atom. The van der Waals surface area contributed by atoms with Crippen LogP contribution >= 0.6 is 0 Å². The van der Waals surface area contributed by atoms with Gasteiger partial charge in [-0.05, 0) is 6.42 Å². The predicted molar refractivity (Wildman–Crippen MR) is 54.6 cm³/mol. The molecule has 0 saturated carbocycles. The summed E-state index contributed by atoms with van der Waals surface area (Å²) in [6.07, 6.45) is -2.33. The van der Waals surface area contributed by atoms with E-state index < -0.39 is 30.7 Å². The second kappa shape index (κ2) is 5.90. The van der Waals surface area contributed by atoms with Crippen LogP contribution in [0.25, 0.3) is 0 Å². The number of hydrogen-bond donors (Lipinski definition) is 4. The van der Waals surface area contributed by atoms with E-state index in [1.54, 1.807) is 0 Å². The fourth-order valence-corrected chi connectivity index (χ4v) is 1.58. The highest BCUT2D eigenvalue weighted by atomic mass is 16.7. The van der Waals surface area contributed by atoms with E-state index in [0.29, 0.717) is 6.61 Å². The van der Waals surface area contributed by atoms with Crippen LogP contribution in [0.4, 0.5) is 0 Å². The van der Waals surface area contributed by atoms with Gasteiger partial charge in [-0.2, -0.15) is 0 Å². The molecule has 0 unspecified atom stereocenters. The van der Waals surface area contributed by atoms with Gasteiger partial charge in [0, 0.05) is 0 Å². The Morgan fingerprint density at radius 3 is 2.62 bits per heavy atom. The van der Waals surface area contributed by atoms with Crippen LogP contribution in [0.2, 0.25) is 0 Å². The second-order valence-electron chi connectivity index (χ2n) is 3.99. The first-order chi connectivity index (χ1) is 7.57. The van der Waals surface area contributed by atoms with Crippen molar-refractivity contribution in [2.75, 3.05) is 19.8 Å². The van der Waals surface area contributed by atoms with Crippen LogP contribution in [0.3, 0.4) is 0 Å². The molecule has 1 rings (SSSR count). The molecule has 16 heavy (non-hydrogen) atoms. The Balaban J connectivity index is 2.63. The van der Waals surface area contributed by atoms with Crippen LogP contribution in [0, 0.1) is 0 Å². The lowest BCUT2D eigenvalue weighted by Crippen LogP contribution is -2.63. The first kappa shape index (κ1) is 13.8. The standard InChI is InChI=1S/C10H20O6/c1-2-3-4-15-10(6-11)9(14)8(13)7(12)5-16-10/h7-9,11-14H,2-6H2,1H3/t7-,8+,9-,10+/m0/s1. The first-order valence-corrected chi connectivity index (χ1v) is 5.50. The van der Waals surface area contributed by atoms with E-state index in [0.717, 1.165) is 12.8 Å². The molecular weight excluding hydrogens is 216 g/mol. The topological polar surface area (TPSA) is 99.4 Å². The van der Waals surface area contributed by atoms with Crippen molar-refractivity contribution in [3.8, 4) is 0 Å². The maximum atomic E-state index is 9.74. The van der Waals surface area contributed by atoms with E-state index in [9.17, 15) is 20.4 Å². The molecule has 4 atom stereocenters. The quantitative estimate of drug-likeness (QED) is 0.438. The molecule has 0 aromatic heterocycles. The van der Waals surface area contributed by atoms with Crippen LogP contribution in [0.5, 0.6) is 0 Å². The molecule has 96 valence electrons. The molecule has 0 aromatic carbocycles. The Hall–Kier alpha value is -0.240. The van der Waals surface area contributed by atoms with Crippen molar-refractivity contribution in [3.05, 3.63) is 0 Å². The predicted octanol–water partition coefficient (Wildman–Crippen LogP) is -1.40. The molecule has 1 heterocycles. The van der Waals surface area contributed by atoms with Gasteiger partial charge in [0.25, 0.3) is 0 Å². The third kappa shape index (κ3) is 2.71. The summed E-state index contributed by atoms with van der Waals surface area (Å²) in [5, 5.41) is 37.7. The summed E-state index contributed by atoms with van der Waals surface area (Å²) in [5.74, 6) is -1.62. The number of hydrogen-bond acceptors (Lipinski definition) is 6. The van der Waals surface area contributed by atoms with Gasteiger partial charge in [-0.15, -0.1) is 0 Å². The Kier molecular flexibility index (Phi) is 5.10. The summed E-state index contributed by atoms with van der Waals surface area (Å²) in [4.78, 5) is 0. The summed E-state index contributed by atoms with van der Waals surface area (Å²) in [5.41, 5.74) is 0. The van der Waals surface area contributed by atoms with Gasteiger partial charge in [0.15, 0.2) is 0 Å². The molecule has 6 nitrogen and oxygen atoms in total. The maximum Gasteiger partial charge on any atom is 0.221 e. The number of unbranched alkanes of at least 4 members (excludes halogenated alkanes) is 1. The molecule has 1 saturated heterocycles. The molecule has 0 amide bonds. The normalized spacial score (nSPS) is 39.9. The SMILES string of the molecule is CCCCO[C@]1(CO)OC[C@H](O)[C@@H](O)[C@@H]1O. The summed E-state index contributed by atoms with van der Waals surface area (Å²) >= 11 is 0. The third-order valence-corrected chi connectivity index (χ3v) is 2.73.